The van der Waals surface area contributed by atoms with Gasteiger partial charge in [0.1, 0.15) is 29.0 Å². The van der Waals surface area contributed by atoms with Crippen molar-refractivity contribution in [1.82, 2.24) is 19.5 Å². The van der Waals surface area contributed by atoms with Crippen LogP contribution in [0.3, 0.4) is 0 Å². The maximum absolute atomic E-state index is 14.2. The molecule has 29 heavy (non-hydrogen) atoms. The fourth-order valence-electron chi connectivity index (χ4n) is 3.30. The third-order valence-corrected chi connectivity index (χ3v) is 4.64. The Morgan fingerprint density at radius 1 is 1.10 bits per heavy atom. The summed E-state index contributed by atoms with van der Waals surface area (Å²) in [5.74, 6) is -2.40. The predicted octanol–water partition coefficient (Wildman–Crippen LogP) is 3.56. The van der Waals surface area contributed by atoms with Gasteiger partial charge >= 0.3 is 0 Å². The molecule has 0 fully saturated rings. The molecule has 0 radical (unpaired) electrons. The van der Waals surface area contributed by atoms with Gasteiger partial charge in [-0.1, -0.05) is 11.2 Å². The van der Waals surface area contributed by atoms with Gasteiger partial charge in [-0.3, -0.25) is 4.40 Å². The van der Waals surface area contributed by atoms with Crippen molar-refractivity contribution in [2.45, 2.75) is 6.92 Å². The molecule has 7 nitrogen and oxygen atoms in total. The number of para-hydroxylation sites is 1. The van der Waals surface area contributed by atoms with Gasteiger partial charge < -0.3 is 9.73 Å². The molecule has 0 aliphatic carbocycles. The Balaban J connectivity index is 1.73. The first-order chi connectivity index (χ1) is 14.0. The quantitative estimate of drug-likeness (QED) is 0.336. The summed E-state index contributed by atoms with van der Waals surface area (Å²) in [5, 5.41) is 16.4. The first-order valence-corrected chi connectivity index (χ1v) is 8.42. The highest BCUT2D eigenvalue weighted by Gasteiger charge is 2.25. The number of rotatable bonds is 2. The number of hydrogen-bond donors (Lipinski definition) is 0. The van der Waals surface area contributed by atoms with Crippen LogP contribution in [0, 0.1) is 29.6 Å². The smallest absolute Gasteiger partial charge is 0.279 e. The van der Waals surface area contributed by atoms with Crippen molar-refractivity contribution in [2.75, 3.05) is 0 Å². The van der Waals surface area contributed by atoms with Crippen molar-refractivity contribution in [3.8, 4) is 23.0 Å². The largest absolute Gasteiger partial charge is 0.618 e. The molecule has 0 aliphatic heterocycles. The Kier molecular flexibility index (Phi) is 3.57. The lowest BCUT2D eigenvalue weighted by Crippen LogP contribution is -2.33. The molecule has 0 saturated heterocycles. The summed E-state index contributed by atoms with van der Waals surface area (Å²) in [6, 6.07) is 7.24. The van der Waals surface area contributed by atoms with Gasteiger partial charge in [-0.25, -0.2) is 13.8 Å². The summed E-state index contributed by atoms with van der Waals surface area (Å²) < 4.78 is 48.5. The lowest BCUT2D eigenvalue weighted by Gasteiger charge is -2.08. The number of aromatic nitrogens is 5. The van der Waals surface area contributed by atoms with Gasteiger partial charge in [-0.15, -0.1) is 0 Å². The lowest BCUT2D eigenvalue weighted by atomic mass is 10.2. The van der Waals surface area contributed by atoms with Crippen LogP contribution >= 0.6 is 0 Å². The van der Waals surface area contributed by atoms with E-state index in [1.165, 1.54) is 31.5 Å². The fraction of sp³-hybridized carbons (Fsp3) is 0.0526. The third-order valence-electron chi connectivity index (χ3n) is 4.64. The number of benzene rings is 2. The van der Waals surface area contributed by atoms with Crippen molar-refractivity contribution in [3.05, 3.63) is 71.1 Å². The van der Waals surface area contributed by atoms with Crippen molar-refractivity contribution < 1.29 is 22.4 Å². The molecule has 0 atom stereocenters. The molecule has 0 N–H and O–H groups in total. The number of aryl methyl sites for hydroxylation is 1. The van der Waals surface area contributed by atoms with Crippen molar-refractivity contribution in [3.63, 3.8) is 0 Å². The highest BCUT2D eigenvalue weighted by Crippen LogP contribution is 2.29. The summed E-state index contributed by atoms with van der Waals surface area (Å²) in [5.41, 5.74) is 0.827. The molecule has 144 valence electrons. The summed E-state index contributed by atoms with van der Waals surface area (Å²) >= 11 is 0. The van der Waals surface area contributed by atoms with Crippen molar-refractivity contribution in [1.29, 1.82) is 0 Å². The number of nitrogens with zero attached hydrogens (tertiary/aromatic N) is 5. The van der Waals surface area contributed by atoms with Crippen LogP contribution in [0.2, 0.25) is 0 Å². The number of hydrogen-bond acceptors (Lipinski definition) is 5. The lowest BCUT2D eigenvalue weighted by molar-refractivity contribution is -0.584. The molecule has 5 aromatic rings. The molecule has 0 bridgehead atoms. The molecule has 2 aromatic carbocycles. The minimum atomic E-state index is -0.845. The van der Waals surface area contributed by atoms with Crippen LogP contribution in [0.4, 0.5) is 13.2 Å². The Morgan fingerprint density at radius 3 is 2.72 bits per heavy atom. The van der Waals surface area contributed by atoms with Crippen LogP contribution in [0.15, 0.2) is 47.2 Å². The number of fused-ring (bicyclic) bond motifs is 3. The molecule has 0 saturated carbocycles. The van der Waals surface area contributed by atoms with E-state index >= 15 is 0 Å². The zero-order valence-electron chi connectivity index (χ0n) is 14.7. The second-order valence-electron chi connectivity index (χ2n) is 6.35. The maximum atomic E-state index is 14.2. The first-order valence-electron chi connectivity index (χ1n) is 8.42. The van der Waals surface area contributed by atoms with E-state index in [0.29, 0.717) is 21.8 Å². The molecule has 0 unspecified atom stereocenters. The van der Waals surface area contributed by atoms with E-state index in [1.807, 2.05) is 0 Å². The zero-order chi connectivity index (χ0) is 20.3. The van der Waals surface area contributed by atoms with Gasteiger partial charge in [-0.05, 0) is 24.3 Å². The van der Waals surface area contributed by atoms with Crippen molar-refractivity contribution >= 4 is 16.6 Å². The van der Waals surface area contributed by atoms with Crippen LogP contribution < -0.4 is 4.73 Å². The van der Waals surface area contributed by atoms with E-state index in [4.69, 9.17) is 4.52 Å². The predicted molar refractivity (Wildman–Crippen MR) is 95.0 cm³/mol. The molecule has 10 heteroatoms. The van der Waals surface area contributed by atoms with Crippen LogP contribution in [-0.2, 0) is 0 Å². The monoisotopic (exact) mass is 397 g/mol. The number of halogens is 3. The average molecular weight is 397 g/mol. The standard InChI is InChI=1S/C19H10F3N5O2/c1-9-16-15(19-24-18(25-29-19)11-6-5-10(20)7-13(11)22)23-8-26(16)14-4-2-3-12(21)17(14)27(9)28/h2-8H,1H3. The third kappa shape index (κ3) is 2.45. The normalized spacial score (nSPS) is 11.6. The fourth-order valence-corrected chi connectivity index (χ4v) is 3.30. The SMILES string of the molecule is Cc1c2c(-c3nc(-c4ccc(F)cc4F)no3)ncn2c2cccc(F)c2[n+]1[O-]. The van der Waals surface area contributed by atoms with E-state index in [2.05, 4.69) is 15.1 Å². The highest BCUT2D eigenvalue weighted by molar-refractivity contribution is 5.82. The number of imidazole rings is 1. The van der Waals surface area contributed by atoms with Crippen LogP contribution in [-0.4, -0.2) is 19.5 Å². The summed E-state index contributed by atoms with van der Waals surface area (Å²) in [6.45, 7) is 1.51. The van der Waals surface area contributed by atoms with Crippen molar-refractivity contribution in [2.24, 2.45) is 0 Å². The summed E-state index contributed by atoms with van der Waals surface area (Å²) in [7, 11) is 0. The van der Waals surface area contributed by atoms with Gasteiger partial charge in [0.2, 0.25) is 11.5 Å². The van der Waals surface area contributed by atoms with E-state index < -0.39 is 17.5 Å². The maximum Gasteiger partial charge on any atom is 0.279 e. The Morgan fingerprint density at radius 2 is 1.93 bits per heavy atom. The van der Waals surface area contributed by atoms with Crippen LogP contribution in [0.1, 0.15) is 5.69 Å². The topological polar surface area (TPSA) is 83.2 Å². The average Bonchev–Trinajstić information content (AvgIpc) is 3.33. The van der Waals surface area contributed by atoms with Gasteiger partial charge in [0.15, 0.2) is 11.5 Å². The second-order valence-corrected chi connectivity index (χ2v) is 6.35. The first kappa shape index (κ1) is 17.2. The molecular weight excluding hydrogens is 387 g/mol. The highest BCUT2D eigenvalue weighted by atomic mass is 19.1. The summed E-state index contributed by atoms with van der Waals surface area (Å²) in [4.78, 5) is 8.36. The molecule has 3 heterocycles. The van der Waals surface area contributed by atoms with E-state index in [0.717, 1.165) is 6.07 Å². The molecule has 5 rings (SSSR count). The van der Waals surface area contributed by atoms with Crippen LogP contribution in [0.5, 0.6) is 0 Å². The summed E-state index contributed by atoms with van der Waals surface area (Å²) in [6.07, 6.45) is 1.40. The molecular formula is C19H10F3N5O2. The zero-order valence-corrected chi connectivity index (χ0v) is 14.7. The Hall–Kier alpha value is -3.95. The minimum Gasteiger partial charge on any atom is -0.618 e. The van der Waals surface area contributed by atoms with Gasteiger partial charge in [0.25, 0.3) is 11.4 Å². The second kappa shape index (κ2) is 6.03. The molecule has 0 spiro atoms. The Bertz CT molecular complexity index is 1430. The molecule has 0 amide bonds. The van der Waals surface area contributed by atoms with E-state index in [-0.39, 0.29) is 34.2 Å². The van der Waals surface area contributed by atoms with Gasteiger partial charge in [0, 0.05) is 13.0 Å². The minimum absolute atomic E-state index is 0.0481. The van der Waals surface area contributed by atoms with Gasteiger partial charge in [0.05, 0.1) is 5.56 Å². The Labute approximate surface area is 160 Å². The molecule has 3 aromatic heterocycles. The van der Waals surface area contributed by atoms with E-state index in [1.54, 1.807) is 10.5 Å². The van der Waals surface area contributed by atoms with E-state index in [9.17, 15) is 18.4 Å². The van der Waals surface area contributed by atoms with Crippen LogP contribution in [0.25, 0.3) is 39.5 Å². The molecule has 0 aliphatic rings. The van der Waals surface area contributed by atoms with Gasteiger partial charge in [-0.2, -0.15) is 14.1 Å².